The minimum atomic E-state index is -4.95. The van der Waals surface area contributed by atoms with E-state index in [2.05, 4.69) is 10.1 Å². The number of hydrogen-bond acceptors (Lipinski definition) is 6. The summed E-state index contributed by atoms with van der Waals surface area (Å²) in [7, 11) is 0. The van der Waals surface area contributed by atoms with E-state index in [9.17, 15) is 33.3 Å². The Morgan fingerprint density at radius 3 is 2.36 bits per heavy atom. The molecule has 0 heterocycles. The minimum Gasteiger partial charge on any atom is -0.508 e. The molecular weight excluding hydrogens is 347 g/mol. The first kappa shape index (κ1) is 20.8. The summed E-state index contributed by atoms with van der Waals surface area (Å²) in [6, 6.07) is 2.47. The van der Waals surface area contributed by atoms with Crippen molar-refractivity contribution in [1.82, 2.24) is 5.32 Å². The summed E-state index contributed by atoms with van der Waals surface area (Å²) in [6.45, 7) is 4.42. The smallest absolute Gasteiger partial charge is 0.508 e. The van der Waals surface area contributed by atoms with Crippen LogP contribution in [0.15, 0.2) is 18.2 Å². The first-order valence-electron chi connectivity index (χ1n) is 7.20. The van der Waals surface area contributed by atoms with Crippen molar-refractivity contribution in [1.29, 1.82) is 0 Å². The van der Waals surface area contributed by atoms with Gasteiger partial charge in [0.1, 0.15) is 29.3 Å². The molecule has 2 unspecified atom stereocenters. The molecule has 10 heteroatoms. The molecule has 0 aliphatic heterocycles. The van der Waals surface area contributed by atoms with Gasteiger partial charge >= 0.3 is 12.5 Å². The molecule has 4 N–H and O–H groups in total. The van der Waals surface area contributed by atoms with Crippen LogP contribution < -0.4 is 10.1 Å². The van der Waals surface area contributed by atoms with Crippen molar-refractivity contribution in [3.05, 3.63) is 23.8 Å². The van der Waals surface area contributed by atoms with Gasteiger partial charge < -0.3 is 30.1 Å². The Morgan fingerprint density at radius 1 is 1.24 bits per heavy atom. The average molecular weight is 367 g/mol. The molecule has 1 aromatic carbocycles. The highest BCUT2D eigenvalue weighted by Gasteiger charge is 2.32. The molecule has 142 valence electrons. The predicted octanol–water partition coefficient (Wildman–Crippen LogP) is 2.21. The lowest BCUT2D eigenvalue weighted by Gasteiger charge is -2.23. The van der Waals surface area contributed by atoms with E-state index >= 15 is 0 Å². The highest BCUT2D eigenvalue weighted by atomic mass is 19.4. The predicted molar refractivity (Wildman–Crippen MR) is 80.0 cm³/mol. The number of carbonyl (C=O) groups excluding carboxylic acids is 1. The highest BCUT2D eigenvalue weighted by Crippen LogP contribution is 2.32. The summed E-state index contributed by atoms with van der Waals surface area (Å²) in [6.07, 6.45) is -9.18. The number of aliphatic hydroxyl groups is 2. The summed E-state index contributed by atoms with van der Waals surface area (Å²) in [4.78, 5) is 11.5. The lowest BCUT2D eigenvalue weighted by Crippen LogP contribution is -2.38. The van der Waals surface area contributed by atoms with Crippen molar-refractivity contribution in [2.24, 2.45) is 0 Å². The molecular formula is C15H20F3NO6. The first-order chi connectivity index (χ1) is 11.3. The van der Waals surface area contributed by atoms with E-state index in [4.69, 9.17) is 4.74 Å². The molecule has 0 spiro atoms. The van der Waals surface area contributed by atoms with Crippen LogP contribution >= 0.6 is 0 Å². The summed E-state index contributed by atoms with van der Waals surface area (Å²) < 4.78 is 45.3. The maximum Gasteiger partial charge on any atom is 0.573 e. The van der Waals surface area contributed by atoms with Crippen LogP contribution in [0.4, 0.5) is 18.0 Å². The maximum absolute atomic E-state index is 12.2. The zero-order valence-corrected chi connectivity index (χ0v) is 13.8. The lowest BCUT2D eigenvalue weighted by molar-refractivity contribution is -0.274. The number of halogens is 3. The van der Waals surface area contributed by atoms with Crippen LogP contribution in [0.3, 0.4) is 0 Å². The first-order valence-corrected chi connectivity index (χ1v) is 7.20. The van der Waals surface area contributed by atoms with Crippen molar-refractivity contribution in [3.63, 3.8) is 0 Å². The van der Waals surface area contributed by atoms with Gasteiger partial charge in [0.15, 0.2) is 0 Å². The van der Waals surface area contributed by atoms with Crippen LogP contribution in [0.25, 0.3) is 0 Å². The fourth-order valence-electron chi connectivity index (χ4n) is 1.79. The van der Waals surface area contributed by atoms with Crippen LogP contribution in [0.1, 0.15) is 32.4 Å². The number of alkyl halides is 3. The van der Waals surface area contributed by atoms with E-state index in [-0.39, 0.29) is 5.56 Å². The number of amides is 1. The minimum absolute atomic E-state index is 0.389. The molecule has 0 bridgehead atoms. The van der Waals surface area contributed by atoms with Crippen LogP contribution in [-0.2, 0) is 4.74 Å². The molecule has 1 aromatic rings. The third-order valence-corrected chi connectivity index (χ3v) is 2.77. The number of nitrogens with one attached hydrogen (secondary N) is 1. The number of carbonyl (C=O) groups is 1. The molecule has 0 saturated heterocycles. The number of phenols is 1. The molecule has 25 heavy (non-hydrogen) atoms. The van der Waals surface area contributed by atoms with Crippen LogP contribution in [-0.4, -0.2) is 46.0 Å². The quantitative estimate of drug-likeness (QED) is 0.636. The second kappa shape index (κ2) is 7.79. The zero-order valence-electron chi connectivity index (χ0n) is 13.8. The van der Waals surface area contributed by atoms with E-state index in [0.29, 0.717) is 0 Å². The third kappa shape index (κ3) is 7.48. The second-order valence-electron chi connectivity index (χ2n) is 6.16. The zero-order chi connectivity index (χ0) is 19.4. The molecule has 0 aromatic heterocycles. The van der Waals surface area contributed by atoms with Gasteiger partial charge in [0.2, 0.25) is 0 Å². The summed E-state index contributed by atoms with van der Waals surface area (Å²) in [5, 5.41) is 31.7. The molecule has 0 aliphatic rings. The van der Waals surface area contributed by atoms with Gasteiger partial charge in [0.05, 0.1) is 0 Å². The molecule has 0 saturated carbocycles. The van der Waals surface area contributed by atoms with Gasteiger partial charge in [-0.15, -0.1) is 13.2 Å². The van der Waals surface area contributed by atoms with Crippen LogP contribution in [0.2, 0.25) is 0 Å². The number of ether oxygens (including phenoxy) is 2. The van der Waals surface area contributed by atoms with Crippen LogP contribution in [0.5, 0.6) is 11.5 Å². The number of benzene rings is 1. The van der Waals surface area contributed by atoms with Crippen molar-refractivity contribution < 1.29 is 42.8 Å². The molecule has 0 aliphatic carbocycles. The van der Waals surface area contributed by atoms with Crippen molar-refractivity contribution in [2.75, 3.05) is 6.54 Å². The summed E-state index contributed by atoms with van der Waals surface area (Å²) in [5.41, 5.74) is -1.16. The third-order valence-electron chi connectivity index (χ3n) is 2.77. The van der Waals surface area contributed by atoms with E-state index in [1.165, 1.54) is 0 Å². The number of alkyl carbamates (subject to hydrolysis) is 1. The number of aliphatic hydroxyl groups excluding tert-OH is 2. The Balaban J connectivity index is 2.76. The molecule has 1 rings (SSSR count). The van der Waals surface area contributed by atoms with Crippen molar-refractivity contribution in [2.45, 2.75) is 44.9 Å². The number of phenolic OH excluding ortho intramolecular Hbond substituents is 1. The number of aromatic hydroxyl groups is 1. The average Bonchev–Trinajstić information content (AvgIpc) is 2.42. The summed E-state index contributed by atoms with van der Waals surface area (Å²) >= 11 is 0. The Labute approximate surface area is 142 Å². The maximum atomic E-state index is 12.2. The molecule has 0 fully saturated rings. The SMILES string of the molecule is CC(C)(C)OC(=O)NCC(O)C(O)c1cc(OC(F)(F)F)ccc1O. The Morgan fingerprint density at radius 2 is 1.84 bits per heavy atom. The standard InChI is InChI=1S/C15H20F3NO6/c1-14(2,3)25-13(23)19-7-11(21)12(22)9-6-8(4-5-10(9)20)24-15(16,17)18/h4-6,11-12,20-22H,7H2,1-3H3,(H,19,23). The van der Waals surface area contributed by atoms with Gasteiger partial charge in [-0.1, -0.05) is 0 Å². The molecule has 7 nitrogen and oxygen atoms in total. The number of hydrogen-bond donors (Lipinski definition) is 4. The molecule has 0 radical (unpaired) electrons. The lowest BCUT2D eigenvalue weighted by atomic mass is 10.0. The van der Waals surface area contributed by atoms with Gasteiger partial charge in [-0.2, -0.15) is 0 Å². The number of rotatable bonds is 5. The Hall–Kier alpha value is -2.20. The Bertz CT molecular complexity index is 600. The topological polar surface area (TPSA) is 108 Å². The fraction of sp³-hybridized carbons (Fsp3) is 0.533. The van der Waals surface area contributed by atoms with Gasteiger partial charge in [-0.3, -0.25) is 0 Å². The van der Waals surface area contributed by atoms with Gasteiger partial charge in [-0.05, 0) is 39.0 Å². The largest absolute Gasteiger partial charge is 0.573 e. The van der Waals surface area contributed by atoms with E-state index in [1.54, 1.807) is 20.8 Å². The highest BCUT2D eigenvalue weighted by molar-refractivity contribution is 5.67. The van der Waals surface area contributed by atoms with E-state index in [1.807, 2.05) is 0 Å². The van der Waals surface area contributed by atoms with Gasteiger partial charge in [0, 0.05) is 12.1 Å². The summed E-state index contributed by atoms with van der Waals surface area (Å²) in [5.74, 6) is -1.22. The molecule has 1 amide bonds. The van der Waals surface area contributed by atoms with Crippen LogP contribution in [0, 0.1) is 0 Å². The monoisotopic (exact) mass is 367 g/mol. The van der Waals surface area contributed by atoms with Gasteiger partial charge in [-0.25, -0.2) is 4.79 Å². The normalized spacial score (nSPS) is 14.6. The second-order valence-corrected chi connectivity index (χ2v) is 6.16. The van der Waals surface area contributed by atoms with Gasteiger partial charge in [0.25, 0.3) is 0 Å². The molecule has 2 atom stereocenters. The fourth-order valence-corrected chi connectivity index (χ4v) is 1.79. The van der Waals surface area contributed by atoms with Crippen molar-refractivity contribution >= 4 is 6.09 Å². The van der Waals surface area contributed by atoms with E-state index < -0.39 is 48.3 Å². The van der Waals surface area contributed by atoms with E-state index in [0.717, 1.165) is 18.2 Å². The van der Waals surface area contributed by atoms with Crippen molar-refractivity contribution in [3.8, 4) is 11.5 Å². The Kier molecular flexibility index (Phi) is 6.49.